The van der Waals surface area contributed by atoms with E-state index in [0.717, 1.165) is 11.0 Å². The topological polar surface area (TPSA) is 76.9 Å². The summed E-state index contributed by atoms with van der Waals surface area (Å²) in [4.78, 5) is 34.2. The third-order valence-corrected chi connectivity index (χ3v) is 5.47. The van der Waals surface area contributed by atoms with Crippen LogP contribution in [-0.2, 0) is 7.05 Å². The van der Waals surface area contributed by atoms with Crippen LogP contribution in [0.3, 0.4) is 0 Å². The van der Waals surface area contributed by atoms with Gasteiger partial charge in [-0.15, -0.1) is 0 Å². The minimum atomic E-state index is -0.136. The summed E-state index contributed by atoms with van der Waals surface area (Å²) in [5.74, 6) is 1.25. The highest BCUT2D eigenvalue weighted by molar-refractivity contribution is 5.98. The van der Waals surface area contributed by atoms with Crippen LogP contribution in [-0.4, -0.2) is 60.8 Å². The molecule has 0 radical (unpaired) electrons. The van der Waals surface area contributed by atoms with Crippen LogP contribution in [0.2, 0.25) is 0 Å². The molecule has 4 rings (SSSR count). The van der Waals surface area contributed by atoms with E-state index >= 15 is 0 Å². The molecule has 8 heteroatoms. The lowest BCUT2D eigenvalue weighted by Crippen LogP contribution is -2.50. The molecule has 0 spiro atoms. The van der Waals surface area contributed by atoms with Gasteiger partial charge in [-0.05, 0) is 24.3 Å². The molecular formula is C22H24N4O4. The van der Waals surface area contributed by atoms with Gasteiger partial charge in [0.1, 0.15) is 0 Å². The Balaban J connectivity index is 1.55. The second kappa shape index (κ2) is 8.06. The van der Waals surface area contributed by atoms with Crippen molar-refractivity contribution in [3.8, 4) is 11.5 Å². The van der Waals surface area contributed by atoms with Gasteiger partial charge in [0, 0.05) is 33.2 Å². The van der Waals surface area contributed by atoms with Gasteiger partial charge >= 0.3 is 0 Å². The second-order valence-corrected chi connectivity index (χ2v) is 7.11. The fourth-order valence-electron chi connectivity index (χ4n) is 3.82. The van der Waals surface area contributed by atoms with Crippen LogP contribution in [0.25, 0.3) is 11.0 Å². The van der Waals surface area contributed by atoms with Gasteiger partial charge in [-0.1, -0.05) is 18.2 Å². The monoisotopic (exact) mass is 408 g/mol. The molecule has 156 valence electrons. The van der Waals surface area contributed by atoms with Crippen molar-refractivity contribution in [3.63, 3.8) is 0 Å². The van der Waals surface area contributed by atoms with E-state index in [1.807, 2.05) is 29.2 Å². The van der Waals surface area contributed by atoms with Gasteiger partial charge < -0.3 is 23.8 Å². The van der Waals surface area contributed by atoms with E-state index in [1.54, 1.807) is 41.8 Å². The molecule has 1 fully saturated rings. The number of piperazine rings is 1. The number of nitrogens with zero attached hydrogens (tertiary/aromatic N) is 4. The van der Waals surface area contributed by atoms with E-state index in [-0.39, 0.29) is 11.5 Å². The van der Waals surface area contributed by atoms with Crippen LogP contribution in [0.4, 0.5) is 5.82 Å². The molecular weight excluding hydrogens is 384 g/mol. The van der Waals surface area contributed by atoms with Gasteiger partial charge in [-0.2, -0.15) is 0 Å². The number of benzene rings is 2. The fourth-order valence-corrected chi connectivity index (χ4v) is 3.82. The van der Waals surface area contributed by atoms with Crippen molar-refractivity contribution in [2.24, 2.45) is 7.05 Å². The van der Waals surface area contributed by atoms with Crippen molar-refractivity contribution in [2.45, 2.75) is 0 Å². The number of carbonyl (C=O) groups excluding carboxylic acids is 1. The van der Waals surface area contributed by atoms with Crippen LogP contribution in [0.1, 0.15) is 10.4 Å². The molecule has 1 aliphatic heterocycles. The van der Waals surface area contributed by atoms with Crippen molar-refractivity contribution in [2.75, 3.05) is 45.3 Å². The number of methoxy groups -OCH3 is 2. The van der Waals surface area contributed by atoms with Gasteiger partial charge in [0.15, 0.2) is 17.3 Å². The maximum Gasteiger partial charge on any atom is 0.293 e. The number of aromatic nitrogens is 2. The molecule has 2 aromatic carbocycles. The van der Waals surface area contributed by atoms with Crippen molar-refractivity contribution in [3.05, 3.63) is 58.4 Å². The Bertz CT molecular complexity index is 1150. The molecule has 0 aliphatic carbocycles. The molecule has 1 aliphatic rings. The normalized spacial score (nSPS) is 14.1. The number of rotatable bonds is 4. The minimum absolute atomic E-state index is 0.121. The Morgan fingerprint density at radius 2 is 1.70 bits per heavy atom. The van der Waals surface area contributed by atoms with E-state index < -0.39 is 0 Å². The number of amides is 1. The molecule has 8 nitrogen and oxygen atoms in total. The third-order valence-electron chi connectivity index (χ3n) is 5.47. The van der Waals surface area contributed by atoms with Crippen LogP contribution < -0.4 is 19.9 Å². The lowest BCUT2D eigenvalue weighted by atomic mass is 10.1. The van der Waals surface area contributed by atoms with E-state index in [1.165, 1.54) is 7.11 Å². The molecule has 0 unspecified atom stereocenters. The summed E-state index contributed by atoms with van der Waals surface area (Å²) < 4.78 is 12.3. The highest BCUT2D eigenvalue weighted by Crippen LogP contribution is 2.31. The summed E-state index contributed by atoms with van der Waals surface area (Å²) in [5, 5.41) is 0. The number of hydrogen-bond acceptors (Lipinski definition) is 6. The maximum absolute atomic E-state index is 13.1. The van der Waals surface area contributed by atoms with Crippen molar-refractivity contribution < 1.29 is 14.3 Å². The van der Waals surface area contributed by atoms with Gasteiger partial charge in [-0.25, -0.2) is 4.98 Å². The molecule has 2 heterocycles. The molecule has 0 bridgehead atoms. The quantitative estimate of drug-likeness (QED) is 0.656. The lowest BCUT2D eigenvalue weighted by molar-refractivity contribution is 0.0742. The Morgan fingerprint density at radius 3 is 2.40 bits per heavy atom. The molecule has 30 heavy (non-hydrogen) atoms. The Morgan fingerprint density at radius 1 is 0.967 bits per heavy atom. The summed E-state index contributed by atoms with van der Waals surface area (Å²) in [6, 6.07) is 12.8. The number of ether oxygens (including phenoxy) is 2. The van der Waals surface area contributed by atoms with Crippen molar-refractivity contribution in [1.29, 1.82) is 0 Å². The first-order valence-electron chi connectivity index (χ1n) is 9.76. The SMILES string of the molecule is COc1cccc(C(=O)N2CCN(c3nc4ccccc4n(C)c3=O)CC2)c1OC. The Labute approximate surface area is 174 Å². The standard InChI is InChI=1S/C22H24N4O4/c1-24-17-9-5-4-8-16(17)23-20(22(24)28)25-11-13-26(14-12-25)21(27)15-7-6-10-18(29-2)19(15)30-3/h4-10H,11-14H2,1-3H3. The molecule has 1 aromatic heterocycles. The van der Waals surface area contributed by atoms with Crippen LogP contribution >= 0.6 is 0 Å². The van der Waals surface area contributed by atoms with Crippen molar-refractivity contribution in [1.82, 2.24) is 14.5 Å². The number of carbonyl (C=O) groups is 1. The third kappa shape index (κ3) is 3.34. The number of para-hydroxylation sites is 3. The number of hydrogen-bond donors (Lipinski definition) is 0. The average Bonchev–Trinajstić information content (AvgIpc) is 2.80. The van der Waals surface area contributed by atoms with E-state index in [4.69, 9.17) is 9.47 Å². The van der Waals surface area contributed by atoms with Gasteiger partial charge in [0.05, 0.1) is 30.8 Å². The summed E-state index contributed by atoms with van der Waals surface area (Å²) in [7, 11) is 4.82. The number of aryl methyl sites for hydroxylation is 1. The summed E-state index contributed by atoms with van der Waals surface area (Å²) in [6.45, 7) is 2.02. The summed E-state index contributed by atoms with van der Waals surface area (Å²) >= 11 is 0. The zero-order chi connectivity index (χ0) is 21.3. The fraction of sp³-hybridized carbons (Fsp3) is 0.318. The lowest BCUT2D eigenvalue weighted by Gasteiger charge is -2.35. The molecule has 0 saturated carbocycles. The Hall–Kier alpha value is -3.55. The maximum atomic E-state index is 13.1. The predicted molar refractivity (Wildman–Crippen MR) is 115 cm³/mol. The summed E-state index contributed by atoms with van der Waals surface area (Å²) in [6.07, 6.45) is 0. The molecule has 1 saturated heterocycles. The highest BCUT2D eigenvalue weighted by Gasteiger charge is 2.27. The van der Waals surface area contributed by atoms with Crippen LogP contribution in [0, 0.1) is 0 Å². The average molecular weight is 408 g/mol. The van der Waals surface area contributed by atoms with E-state index in [2.05, 4.69) is 4.98 Å². The predicted octanol–water partition coefficient (Wildman–Crippen LogP) is 1.91. The minimum Gasteiger partial charge on any atom is -0.493 e. The smallest absolute Gasteiger partial charge is 0.293 e. The van der Waals surface area contributed by atoms with E-state index in [9.17, 15) is 9.59 Å². The largest absolute Gasteiger partial charge is 0.493 e. The molecule has 0 atom stereocenters. The molecule has 3 aromatic rings. The summed E-state index contributed by atoms with van der Waals surface area (Å²) in [5.41, 5.74) is 1.90. The zero-order valence-corrected chi connectivity index (χ0v) is 17.3. The zero-order valence-electron chi connectivity index (χ0n) is 17.3. The number of fused-ring (bicyclic) bond motifs is 1. The highest BCUT2D eigenvalue weighted by atomic mass is 16.5. The number of anilines is 1. The van der Waals surface area contributed by atoms with E-state index in [0.29, 0.717) is 49.1 Å². The van der Waals surface area contributed by atoms with Gasteiger partial charge in [0.25, 0.3) is 11.5 Å². The molecule has 1 amide bonds. The Kier molecular flexibility index (Phi) is 5.31. The van der Waals surface area contributed by atoms with Gasteiger partial charge in [0.2, 0.25) is 0 Å². The van der Waals surface area contributed by atoms with Crippen LogP contribution in [0.15, 0.2) is 47.3 Å². The van der Waals surface area contributed by atoms with Gasteiger partial charge in [-0.3, -0.25) is 9.59 Å². The van der Waals surface area contributed by atoms with Crippen molar-refractivity contribution >= 4 is 22.8 Å². The molecule has 0 N–H and O–H groups in total. The second-order valence-electron chi connectivity index (χ2n) is 7.11. The van der Waals surface area contributed by atoms with Crippen LogP contribution in [0.5, 0.6) is 11.5 Å². The first-order chi connectivity index (χ1) is 14.5. The first-order valence-corrected chi connectivity index (χ1v) is 9.76. The first kappa shape index (κ1) is 19.8.